The molecule has 8 heteroatoms. The van der Waals surface area contributed by atoms with Gasteiger partial charge in [-0.3, -0.25) is 9.10 Å². The monoisotopic (exact) mass is 510 g/mol. The molecule has 1 N–H and O–H groups in total. The summed E-state index contributed by atoms with van der Waals surface area (Å²) in [5.74, 6) is 0.634. The first kappa shape index (κ1) is 25.2. The van der Waals surface area contributed by atoms with E-state index in [0.717, 1.165) is 10.2 Å². The van der Waals surface area contributed by atoms with Crippen LogP contribution in [0.25, 0.3) is 0 Å². The number of nitrogens with zero attached hydrogens (tertiary/aromatic N) is 1. The highest BCUT2D eigenvalue weighted by molar-refractivity contribution is 9.10. The van der Waals surface area contributed by atoms with Crippen LogP contribution in [0.1, 0.15) is 39.2 Å². The number of hydrogen-bond acceptors (Lipinski definition) is 4. The molecule has 2 aromatic carbocycles. The molecule has 0 fully saturated rings. The van der Waals surface area contributed by atoms with Gasteiger partial charge < -0.3 is 10.1 Å². The molecule has 0 aliphatic carbocycles. The summed E-state index contributed by atoms with van der Waals surface area (Å²) in [7, 11) is -3.44. The van der Waals surface area contributed by atoms with Crippen molar-refractivity contribution >= 4 is 37.5 Å². The third kappa shape index (κ3) is 8.53. The highest BCUT2D eigenvalue weighted by Crippen LogP contribution is 2.24. The van der Waals surface area contributed by atoms with Gasteiger partial charge in [-0.05, 0) is 47.7 Å². The quantitative estimate of drug-likeness (QED) is 0.477. The zero-order valence-corrected chi connectivity index (χ0v) is 20.9. The number of carbonyl (C=O) groups excluding carboxylic acids is 1. The van der Waals surface area contributed by atoms with Gasteiger partial charge in [0.2, 0.25) is 15.9 Å². The van der Waals surface area contributed by atoms with E-state index in [2.05, 4.69) is 42.0 Å². The van der Waals surface area contributed by atoms with E-state index >= 15 is 0 Å². The van der Waals surface area contributed by atoms with E-state index in [9.17, 15) is 13.2 Å². The first-order valence-electron chi connectivity index (χ1n) is 10.2. The highest BCUT2D eigenvalue weighted by Gasteiger charge is 2.18. The van der Waals surface area contributed by atoms with E-state index in [-0.39, 0.29) is 24.3 Å². The lowest BCUT2D eigenvalue weighted by atomic mass is 9.87. The average Bonchev–Trinajstić information content (AvgIpc) is 2.67. The topological polar surface area (TPSA) is 75.7 Å². The number of benzene rings is 2. The van der Waals surface area contributed by atoms with E-state index in [0.29, 0.717) is 25.3 Å². The molecule has 31 heavy (non-hydrogen) atoms. The van der Waals surface area contributed by atoms with E-state index in [1.807, 2.05) is 30.3 Å². The normalized spacial score (nSPS) is 11.8. The number of nitrogens with one attached hydrogen (secondary N) is 1. The molecule has 0 heterocycles. The third-order valence-electron chi connectivity index (χ3n) is 4.67. The minimum absolute atomic E-state index is 0.0935. The zero-order chi connectivity index (χ0) is 23.1. The maximum atomic E-state index is 12.1. The minimum Gasteiger partial charge on any atom is -0.492 e. The number of rotatable bonds is 10. The second kappa shape index (κ2) is 11.0. The van der Waals surface area contributed by atoms with Crippen LogP contribution in [0.3, 0.4) is 0 Å². The summed E-state index contributed by atoms with van der Waals surface area (Å²) in [4.78, 5) is 12.1. The lowest BCUT2D eigenvalue weighted by Gasteiger charge is -2.22. The fourth-order valence-corrected chi connectivity index (χ4v) is 4.34. The SMILES string of the molecule is CC(C)(C)c1ccc(OCCNC(=O)CCCN(c2cccc(Br)c2)S(C)(=O)=O)cc1. The zero-order valence-electron chi connectivity index (χ0n) is 18.5. The van der Waals surface area contributed by atoms with Gasteiger partial charge in [0.15, 0.2) is 0 Å². The largest absolute Gasteiger partial charge is 0.492 e. The second-order valence-electron chi connectivity index (χ2n) is 8.39. The second-order valence-corrected chi connectivity index (χ2v) is 11.2. The van der Waals surface area contributed by atoms with Crippen molar-refractivity contribution in [2.24, 2.45) is 0 Å². The van der Waals surface area contributed by atoms with Gasteiger partial charge in [-0.15, -0.1) is 0 Å². The van der Waals surface area contributed by atoms with Gasteiger partial charge in [0.25, 0.3) is 0 Å². The Balaban J connectivity index is 1.74. The molecular weight excluding hydrogens is 480 g/mol. The summed E-state index contributed by atoms with van der Waals surface area (Å²) in [6.07, 6.45) is 1.82. The highest BCUT2D eigenvalue weighted by atomic mass is 79.9. The van der Waals surface area contributed by atoms with Crippen LogP contribution in [-0.4, -0.2) is 40.3 Å². The molecule has 0 aliphatic rings. The van der Waals surface area contributed by atoms with Crippen LogP contribution in [0.15, 0.2) is 53.0 Å². The Kier molecular flexibility index (Phi) is 8.94. The van der Waals surface area contributed by atoms with Crippen LogP contribution in [0.4, 0.5) is 5.69 Å². The van der Waals surface area contributed by atoms with E-state index in [4.69, 9.17) is 4.74 Å². The van der Waals surface area contributed by atoms with Gasteiger partial charge >= 0.3 is 0 Å². The summed E-state index contributed by atoms with van der Waals surface area (Å²) in [5.41, 5.74) is 1.90. The van der Waals surface area contributed by atoms with Gasteiger partial charge in [-0.1, -0.05) is 54.9 Å². The van der Waals surface area contributed by atoms with Gasteiger partial charge in [-0.25, -0.2) is 8.42 Å². The molecule has 2 aromatic rings. The Hall–Kier alpha value is -2.06. The van der Waals surface area contributed by atoms with Crippen molar-refractivity contribution < 1.29 is 17.9 Å². The van der Waals surface area contributed by atoms with Crippen LogP contribution >= 0.6 is 15.9 Å². The van der Waals surface area contributed by atoms with Crippen molar-refractivity contribution in [3.8, 4) is 5.75 Å². The van der Waals surface area contributed by atoms with Crippen LogP contribution in [0.5, 0.6) is 5.75 Å². The molecule has 0 unspecified atom stereocenters. The van der Waals surface area contributed by atoms with Crippen molar-refractivity contribution in [2.45, 2.75) is 39.0 Å². The number of hydrogen-bond donors (Lipinski definition) is 1. The number of anilines is 1. The maximum absolute atomic E-state index is 12.1. The summed E-state index contributed by atoms with van der Waals surface area (Å²) < 4.78 is 32.1. The smallest absolute Gasteiger partial charge is 0.232 e. The number of ether oxygens (including phenoxy) is 1. The molecule has 0 saturated heterocycles. The Labute approximate surface area is 194 Å². The average molecular weight is 511 g/mol. The summed E-state index contributed by atoms with van der Waals surface area (Å²) in [6.45, 7) is 7.47. The fourth-order valence-electron chi connectivity index (χ4n) is 3.00. The molecule has 6 nitrogen and oxygen atoms in total. The number of halogens is 1. The number of carbonyl (C=O) groups is 1. The van der Waals surface area contributed by atoms with E-state index in [1.54, 1.807) is 18.2 Å². The Morgan fingerprint density at radius 3 is 2.39 bits per heavy atom. The van der Waals surface area contributed by atoms with Crippen LogP contribution in [0.2, 0.25) is 0 Å². The number of amides is 1. The summed E-state index contributed by atoms with van der Waals surface area (Å²) in [5, 5.41) is 2.81. The van der Waals surface area contributed by atoms with Crippen LogP contribution < -0.4 is 14.4 Å². The standard InChI is InChI=1S/C23H31BrN2O4S/c1-23(2,3)18-10-12-21(13-11-18)30-16-14-25-22(27)9-6-15-26(31(4,28)29)20-8-5-7-19(24)17-20/h5,7-8,10-13,17H,6,9,14-16H2,1-4H3,(H,25,27). The van der Waals surface area contributed by atoms with E-state index in [1.165, 1.54) is 16.1 Å². The lowest BCUT2D eigenvalue weighted by Crippen LogP contribution is -2.32. The van der Waals surface area contributed by atoms with Crippen LogP contribution in [0, 0.1) is 0 Å². The Morgan fingerprint density at radius 2 is 1.81 bits per heavy atom. The first-order valence-corrected chi connectivity index (χ1v) is 12.8. The summed E-state index contributed by atoms with van der Waals surface area (Å²) >= 11 is 3.36. The molecule has 170 valence electrons. The van der Waals surface area contributed by atoms with Crippen molar-refractivity contribution in [2.75, 3.05) is 30.3 Å². The minimum atomic E-state index is -3.44. The molecule has 0 radical (unpaired) electrons. The van der Waals surface area contributed by atoms with Gasteiger partial charge in [-0.2, -0.15) is 0 Å². The predicted molar refractivity (Wildman–Crippen MR) is 129 cm³/mol. The van der Waals surface area contributed by atoms with Gasteiger partial charge in [0.05, 0.1) is 18.5 Å². The molecule has 1 amide bonds. The molecule has 0 spiro atoms. The van der Waals surface area contributed by atoms with Crippen molar-refractivity contribution in [3.05, 3.63) is 58.6 Å². The Bertz CT molecular complexity index is 970. The molecule has 0 atom stereocenters. The van der Waals surface area contributed by atoms with Crippen molar-refractivity contribution in [3.63, 3.8) is 0 Å². The molecule has 2 rings (SSSR count). The van der Waals surface area contributed by atoms with E-state index < -0.39 is 10.0 Å². The first-order chi connectivity index (χ1) is 14.5. The summed E-state index contributed by atoms with van der Waals surface area (Å²) in [6, 6.07) is 15.1. The fraction of sp³-hybridized carbons (Fsp3) is 0.435. The van der Waals surface area contributed by atoms with Gasteiger partial charge in [0, 0.05) is 17.4 Å². The lowest BCUT2D eigenvalue weighted by molar-refractivity contribution is -0.121. The molecule has 0 saturated carbocycles. The van der Waals surface area contributed by atoms with Crippen LogP contribution in [-0.2, 0) is 20.2 Å². The van der Waals surface area contributed by atoms with Crippen molar-refractivity contribution in [1.29, 1.82) is 0 Å². The Morgan fingerprint density at radius 1 is 1.13 bits per heavy atom. The number of sulfonamides is 1. The van der Waals surface area contributed by atoms with Crippen molar-refractivity contribution in [1.82, 2.24) is 5.32 Å². The molecule has 0 aromatic heterocycles. The molecular formula is C23H31BrN2O4S. The molecule has 0 bridgehead atoms. The predicted octanol–water partition coefficient (Wildman–Crippen LogP) is 4.49. The molecule has 0 aliphatic heterocycles. The maximum Gasteiger partial charge on any atom is 0.232 e. The third-order valence-corrected chi connectivity index (χ3v) is 6.36. The van der Waals surface area contributed by atoms with Gasteiger partial charge in [0.1, 0.15) is 12.4 Å².